The normalized spacial score (nSPS) is 11.9. The van der Waals surface area contributed by atoms with E-state index in [1.807, 2.05) is 0 Å². The lowest BCUT2D eigenvalue weighted by molar-refractivity contribution is -0.126. The van der Waals surface area contributed by atoms with E-state index in [9.17, 15) is 4.79 Å². The van der Waals surface area contributed by atoms with E-state index in [2.05, 4.69) is 5.32 Å². The van der Waals surface area contributed by atoms with Gasteiger partial charge in [0.25, 0.3) is 5.91 Å². The van der Waals surface area contributed by atoms with Crippen molar-refractivity contribution in [3.05, 3.63) is 24.3 Å². The highest BCUT2D eigenvalue weighted by atomic mass is 16.5. The van der Waals surface area contributed by atoms with Gasteiger partial charge in [-0.25, -0.2) is 0 Å². The molecule has 0 aromatic heterocycles. The zero-order chi connectivity index (χ0) is 10.6. The van der Waals surface area contributed by atoms with Gasteiger partial charge in [-0.3, -0.25) is 4.79 Å². The fraction of sp³-hybridized carbons (Fsp3) is 0.300. The van der Waals surface area contributed by atoms with E-state index in [1.165, 1.54) is 0 Å². The lowest BCUT2D eigenvalue weighted by atomic mass is 10.3. The Hall–Kier alpha value is -1.71. The van der Waals surface area contributed by atoms with Crippen LogP contribution in [0.5, 0.6) is 5.75 Å². The Morgan fingerprint density at radius 1 is 1.57 bits per heavy atom. The molecule has 0 radical (unpaired) electrons. The van der Waals surface area contributed by atoms with Crippen LogP contribution in [-0.2, 0) is 4.79 Å². The first-order valence-electron chi connectivity index (χ1n) is 4.37. The molecule has 1 unspecified atom stereocenters. The highest BCUT2D eigenvalue weighted by molar-refractivity contribution is 5.80. The molecule has 1 rings (SSSR count). The summed E-state index contributed by atoms with van der Waals surface area (Å²) >= 11 is 0. The van der Waals surface area contributed by atoms with Gasteiger partial charge < -0.3 is 15.8 Å². The van der Waals surface area contributed by atoms with Crippen molar-refractivity contribution in [2.45, 2.75) is 13.0 Å². The Morgan fingerprint density at radius 2 is 2.29 bits per heavy atom. The fourth-order valence-corrected chi connectivity index (χ4v) is 1.05. The maximum absolute atomic E-state index is 11.1. The summed E-state index contributed by atoms with van der Waals surface area (Å²) in [6.45, 7) is 1.68. The molecule has 0 heterocycles. The van der Waals surface area contributed by atoms with Crippen molar-refractivity contribution in [1.82, 2.24) is 5.32 Å². The molecule has 14 heavy (non-hydrogen) atoms. The summed E-state index contributed by atoms with van der Waals surface area (Å²) in [5.74, 6) is 0.438. The van der Waals surface area contributed by atoms with Crippen LogP contribution in [0, 0.1) is 0 Å². The topological polar surface area (TPSA) is 64.3 Å². The summed E-state index contributed by atoms with van der Waals surface area (Å²) in [5.41, 5.74) is 6.18. The van der Waals surface area contributed by atoms with Gasteiger partial charge in [0.05, 0.1) is 0 Å². The Kier molecular flexibility index (Phi) is 3.34. The van der Waals surface area contributed by atoms with Crippen LogP contribution < -0.4 is 15.8 Å². The first kappa shape index (κ1) is 10.4. The van der Waals surface area contributed by atoms with E-state index in [-0.39, 0.29) is 5.91 Å². The van der Waals surface area contributed by atoms with Crippen LogP contribution in [0.1, 0.15) is 6.92 Å². The second kappa shape index (κ2) is 4.50. The Morgan fingerprint density at radius 3 is 2.86 bits per heavy atom. The van der Waals surface area contributed by atoms with Crippen LogP contribution in [0.15, 0.2) is 24.3 Å². The average Bonchev–Trinajstić information content (AvgIpc) is 2.16. The van der Waals surface area contributed by atoms with Crippen molar-refractivity contribution >= 4 is 11.6 Å². The van der Waals surface area contributed by atoms with Crippen molar-refractivity contribution in [3.63, 3.8) is 0 Å². The summed E-state index contributed by atoms with van der Waals surface area (Å²) < 4.78 is 5.36. The summed E-state index contributed by atoms with van der Waals surface area (Å²) in [6.07, 6.45) is -0.512. The SMILES string of the molecule is CNC(=O)C(C)Oc1cccc(N)c1. The fourth-order valence-electron chi connectivity index (χ4n) is 1.05. The maximum atomic E-state index is 11.1. The number of nitrogens with two attached hydrogens (primary N) is 1. The van der Waals surface area contributed by atoms with Crippen LogP contribution in [0.25, 0.3) is 0 Å². The molecule has 0 aliphatic heterocycles. The number of rotatable bonds is 3. The van der Waals surface area contributed by atoms with Crippen LogP contribution in [0.4, 0.5) is 5.69 Å². The quantitative estimate of drug-likeness (QED) is 0.699. The average molecular weight is 194 g/mol. The maximum Gasteiger partial charge on any atom is 0.260 e. The van der Waals surface area contributed by atoms with Crippen molar-refractivity contribution in [2.24, 2.45) is 0 Å². The number of likely N-dealkylation sites (N-methyl/N-ethyl adjacent to an activating group) is 1. The molecular formula is C10H14N2O2. The number of ether oxygens (including phenoxy) is 1. The number of carbonyl (C=O) groups excluding carboxylic acids is 1. The lowest BCUT2D eigenvalue weighted by Gasteiger charge is -2.13. The molecule has 1 amide bonds. The third kappa shape index (κ3) is 2.65. The summed E-state index contributed by atoms with van der Waals surface area (Å²) in [4.78, 5) is 11.1. The van der Waals surface area contributed by atoms with Crippen molar-refractivity contribution in [2.75, 3.05) is 12.8 Å². The van der Waals surface area contributed by atoms with Crippen LogP contribution in [0.3, 0.4) is 0 Å². The molecule has 0 bridgehead atoms. The molecule has 1 aromatic rings. The number of hydrogen-bond donors (Lipinski definition) is 2. The molecule has 0 fully saturated rings. The number of anilines is 1. The predicted octanol–water partition coefficient (Wildman–Crippen LogP) is 0.782. The number of hydrogen-bond acceptors (Lipinski definition) is 3. The number of carbonyl (C=O) groups is 1. The third-order valence-corrected chi connectivity index (χ3v) is 1.79. The zero-order valence-corrected chi connectivity index (χ0v) is 8.28. The molecule has 0 aliphatic rings. The Labute approximate surface area is 83.1 Å². The molecule has 0 aliphatic carbocycles. The molecule has 1 atom stereocenters. The highest BCUT2D eigenvalue weighted by Crippen LogP contribution is 2.15. The number of benzene rings is 1. The molecule has 4 nitrogen and oxygen atoms in total. The summed E-state index contributed by atoms with van der Waals surface area (Å²) in [7, 11) is 1.57. The van der Waals surface area contributed by atoms with Crippen molar-refractivity contribution < 1.29 is 9.53 Å². The molecule has 0 saturated heterocycles. The second-order valence-corrected chi connectivity index (χ2v) is 2.95. The van der Waals surface area contributed by atoms with Gasteiger partial charge in [-0.1, -0.05) is 6.07 Å². The largest absolute Gasteiger partial charge is 0.481 e. The van der Waals surface area contributed by atoms with E-state index in [4.69, 9.17) is 10.5 Å². The first-order valence-corrected chi connectivity index (χ1v) is 4.37. The van der Waals surface area contributed by atoms with Crippen LogP contribution in [0.2, 0.25) is 0 Å². The van der Waals surface area contributed by atoms with Crippen LogP contribution >= 0.6 is 0 Å². The predicted molar refractivity (Wildman–Crippen MR) is 55.0 cm³/mol. The molecule has 4 heteroatoms. The summed E-state index contributed by atoms with van der Waals surface area (Å²) in [5, 5.41) is 2.50. The second-order valence-electron chi connectivity index (χ2n) is 2.95. The van der Waals surface area contributed by atoms with Gasteiger partial charge in [-0.05, 0) is 19.1 Å². The molecule has 76 valence electrons. The number of nitrogen functional groups attached to an aromatic ring is 1. The van der Waals surface area contributed by atoms with Crippen LogP contribution in [-0.4, -0.2) is 19.1 Å². The lowest BCUT2D eigenvalue weighted by Crippen LogP contribution is -2.33. The zero-order valence-electron chi connectivity index (χ0n) is 8.28. The first-order chi connectivity index (χ1) is 6.63. The molecule has 1 aromatic carbocycles. The van der Waals surface area contributed by atoms with E-state index >= 15 is 0 Å². The number of nitrogens with one attached hydrogen (secondary N) is 1. The smallest absolute Gasteiger partial charge is 0.260 e. The van der Waals surface area contributed by atoms with Gasteiger partial charge in [-0.15, -0.1) is 0 Å². The van der Waals surface area contributed by atoms with Gasteiger partial charge in [0.2, 0.25) is 0 Å². The third-order valence-electron chi connectivity index (χ3n) is 1.79. The molecule has 0 spiro atoms. The molecule has 0 saturated carbocycles. The minimum atomic E-state index is -0.512. The van der Waals surface area contributed by atoms with E-state index in [1.54, 1.807) is 38.2 Å². The van der Waals surface area contributed by atoms with E-state index < -0.39 is 6.10 Å². The monoisotopic (exact) mass is 194 g/mol. The van der Waals surface area contributed by atoms with E-state index in [0.717, 1.165) is 0 Å². The summed E-state index contributed by atoms with van der Waals surface area (Å²) in [6, 6.07) is 6.98. The van der Waals surface area contributed by atoms with Crippen molar-refractivity contribution in [3.8, 4) is 5.75 Å². The molecular weight excluding hydrogens is 180 g/mol. The van der Waals surface area contributed by atoms with Crippen molar-refractivity contribution in [1.29, 1.82) is 0 Å². The molecule has 3 N–H and O–H groups in total. The Bertz CT molecular complexity index is 326. The number of amides is 1. The van der Waals surface area contributed by atoms with Gasteiger partial charge in [0.15, 0.2) is 6.10 Å². The van der Waals surface area contributed by atoms with Gasteiger partial charge in [-0.2, -0.15) is 0 Å². The van der Waals surface area contributed by atoms with Gasteiger partial charge in [0.1, 0.15) is 5.75 Å². The highest BCUT2D eigenvalue weighted by Gasteiger charge is 2.11. The van der Waals surface area contributed by atoms with E-state index in [0.29, 0.717) is 11.4 Å². The minimum absolute atomic E-state index is 0.160. The standard InChI is InChI=1S/C10H14N2O2/c1-7(10(13)12-2)14-9-5-3-4-8(11)6-9/h3-7H,11H2,1-2H3,(H,12,13). The van der Waals surface area contributed by atoms with Gasteiger partial charge >= 0.3 is 0 Å². The Balaban J connectivity index is 2.64. The van der Waals surface area contributed by atoms with Gasteiger partial charge in [0, 0.05) is 18.8 Å². The minimum Gasteiger partial charge on any atom is -0.481 e.